The van der Waals surface area contributed by atoms with Gasteiger partial charge in [-0.15, -0.1) is 0 Å². The van der Waals surface area contributed by atoms with Crippen LogP contribution in [-0.4, -0.2) is 37.1 Å². The monoisotopic (exact) mass is 180 g/mol. The minimum atomic E-state index is 0.830. The zero-order valence-electron chi connectivity index (χ0n) is 8.55. The predicted octanol–water partition coefficient (Wildman–Crippen LogP) is 1.39. The van der Waals surface area contributed by atoms with Gasteiger partial charge in [-0.25, -0.2) is 0 Å². The molecule has 74 valence electrons. The molecule has 1 saturated carbocycles. The average Bonchev–Trinajstić information content (AvgIpc) is 2.49. The third kappa shape index (κ3) is 2.32. The summed E-state index contributed by atoms with van der Waals surface area (Å²) in [5.74, 6) is 0. The highest BCUT2D eigenvalue weighted by molar-refractivity contribution is 5.13. The molecule has 13 heavy (non-hydrogen) atoms. The largest absolute Gasteiger partial charge is 0.310 e. The van der Waals surface area contributed by atoms with Crippen LogP contribution in [0.15, 0.2) is 11.6 Å². The smallest absolute Gasteiger partial charge is 0.0209 e. The zero-order chi connectivity index (χ0) is 9.10. The van der Waals surface area contributed by atoms with Crippen LogP contribution < -0.4 is 5.32 Å². The lowest BCUT2D eigenvalue weighted by Crippen LogP contribution is -2.36. The highest BCUT2D eigenvalue weighted by atomic mass is 15.1. The van der Waals surface area contributed by atoms with E-state index >= 15 is 0 Å². The molecule has 1 aliphatic heterocycles. The Hall–Kier alpha value is -0.340. The highest BCUT2D eigenvalue weighted by Gasteiger charge is 2.18. The SMILES string of the molecule is CCN1CC=C(CNC2CCC2)C1. The zero-order valence-corrected chi connectivity index (χ0v) is 8.55. The number of likely N-dealkylation sites (N-methyl/N-ethyl adjacent to an activating group) is 1. The Bertz CT molecular complexity index is 194. The van der Waals surface area contributed by atoms with Gasteiger partial charge in [0.1, 0.15) is 0 Å². The molecular formula is C11H20N2. The maximum atomic E-state index is 3.61. The summed E-state index contributed by atoms with van der Waals surface area (Å²) in [4.78, 5) is 2.47. The van der Waals surface area contributed by atoms with Gasteiger partial charge >= 0.3 is 0 Å². The molecule has 0 unspecified atom stereocenters. The number of nitrogens with zero attached hydrogens (tertiary/aromatic N) is 1. The lowest BCUT2D eigenvalue weighted by Gasteiger charge is -2.27. The van der Waals surface area contributed by atoms with Crippen LogP contribution in [0, 0.1) is 0 Å². The van der Waals surface area contributed by atoms with Gasteiger partial charge in [0.2, 0.25) is 0 Å². The topological polar surface area (TPSA) is 15.3 Å². The van der Waals surface area contributed by atoms with Crippen molar-refractivity contribution < 1.29 is 0 Å². The van der Waals surface area contributed by atoms with Gasteiger partial charge in [0, 0.05) is 25.7 Å². The van der Waals surface area contributed by atoms with Crippen LogP contribution in [0.5, 0.6) is 0 Å². The maximum absolute atomic E-state index is 3.61. The molecule has 1 N–H and O–H groups in total. The standard InChI is InChI=1S/C11H20N2/c1-2-13-7-6-10(9-13)8-12-11-4-3-5-11/h6,11-12H,2-5,7-9H2,1H3. The Kier molecular flexibility index (Phi) is 3.01. The van der Waals surface area contributed by atoms with Crippen LogP contribution in [0.2, 0.25) is 0 Å². The Morgan fingerprint density at radius 3 is 2.92 bits per heavy atom. The van der Waals surface area contributed by atoms with E-state index in [1.807, 2.05) is 0 Å². The van der Waals surface area contributed by atoms with Crippen molar-refractivity contribution in [2.75, 3.05) is 26.2 Å². The van der Waals surface area contributed by atoms with Crippen LogP contribution in [0.3, 0.4) is 0 Å². The first-order valence-electron chi connectivity index (χ1n) is 5.52. The van der Waals surface area contributed by atoms with Crippen molar-refractivity contribution >= 4 is 0 Å². The van der Waals surface area contributed by atoms with Crippen molar-refractivity contribution in [2.45, 2.75) is 32.2 Å². The first-order chi connectivity index (χ1) is 6.38. The van der Waals surface area contributed by atoms with E-state index in [0.717, 1.165) is 19.1 Å². The quantitative estimate of drug-likeness (QED) is 0.658. The summed E-state index contributed by atoms with van der Waals surface area (Å²) in [5.41, 5.74) is 1.59. The fraction of sp³-hybridized carbons (Fsp3) is 0.818. The van der Waals surface area contributed by atoms with Crippen molar-refractivity contribution in [1.29, 1.82) is 0 Å². The molecule has 0 atom stereocenters. The second kappa shape index (κ2) is 4.25. The van der Waals surface area contributed by atoms with Gasteiger partial charge in [0.25, 0.3) is 0 Å². The summed E-state index contributed by atoms with van der Waals surface area (Å²) < 4.78 is 0. The molecule has 0 aromatic carbocycles. The van der Waals surface area contributed by atoms with Crippen molar-refractivity contribution in [2.24, 2.45) is 0 Å². The van der Waals surface area contributed by atoms with Gasteiger partial charge in [0.05, 0.1) is 0 Å². The molecule has 0 aromatic rings. The Balaban J connectivity index is 1.65. The number of rotatable bonds is 4. The van der Waals surface area contributed by atoms with Crippen LogP contribution in [0.1, 0.15) is 26.2 Å². The summed E-state index contributed by atoms with van der Waals surface area (Å²) in [6, 6.07) is 0.830. The Morgan fingerprint density at radius 2 is 2.38 bits per heavy atom. The van der Waals surface area contributed by atoms with Gasteiger partial charge < -0.3 is 5.32 Å². The molecule has 1 fully saturated rings. The molecule has 2 nitrogen and oxygen atoms in total. The van der Waals surface area contributed by atoms with E-state index in [-0.39, 0.29) is 0 Å². The van der Waals surface area contributed by atoms with Crippen LogP contribution in [-0.2, 0) is 0 Å². The van der Waals surface area contributed by atoms with Crippen molar-refractivity contribution in [3.63, 3.8) is 0 Å². The Morgan fingerprint density at radius 1 is 1.54 bits per heavy atom. The molecule has 0 bridgehead atoms. The molecule has 2 rings (SSSR count). The van der Waals surface area contributed by atoms with E-state index in [0.29, 0.717) is 0 Å². The lowest BCUT2D eigenvalue weighted by molar-refractivity contribution is 0.339. The lowest BCUT2D eigenvalue weighted by atomic mass is 9.93. The fourth-order valence-electron chi connectivity index (χ4n) is 1.93. The van der Waals surface area contributed by atoms with E-state index < -0.39 is 0 Å². The van der Waals surface area contributed by atoms with Gasteiger partial charge in [-0.05, 0) is 25.0 Å². The number of hydrogen-bond acceptors (Lipinski definition) is 2. The minimum Gasteiger partial charge on any atom is -0.310 e. The van der Waals surface area contributed by atoms with Crippen molar-refractivity contribution in [3.8, 4) is 0 Å². The first kappa shape index (κ1) is 9.22. The summed E-state index contributed by atoms with van der Waals surface area (Å²) >= 11 is 0. The maximum Gasteiger partial charge on any atom is 0.0209 e. The highest BCUT2D eigenvalue weighted by Crippen LogP contribution is 2.18. The van der Waals surface area contributed by atoms with Crippen molar-refractivity contribution in [1.82, 2.24) is 10.2 Å². The molecule has 2 heteroatoms. The fourth-order valence-corrected chi connectivity index (χ4v) is 1.93. The molecule has 2 aliphatic rings. The Labute approximate surface area is 81.0 Å². The average molecular weight is 180 g/mol. The molecule has 0 amide bonds. The second-order valence-corrected chi connectivity index (χ2v) is 4.20. The summed E-state index contributed by atoms with van der Waals surface area (Å²) in [5, 5.41) is 3.61. The summed E-state index contributed by atoms with van der Waals surface area (Å²) in [6.45, 7) is 6.90. The summed E-state index contributed by atoms with van der Waals surface area (Å²) in [6.07, 6.45) is 6.60. The molecule has 0 aromatic heterocycles. The molecule has 0 spiro atoms. The number of hydrogen-bond donors (Lipinski definition) is 1. The van der Waals surface area contributed by atoms with E-state index in [1.165, 1.54) is 32.4 Å². The van der Waals surface area contributed by atoms with E-state index in [4.69, 9.17) is 0 Å². The molecule has 0 saturated heterocycles. The van der Waals surface area contributed by atoms with Gasteiger partial charge in [-0.3, -0.25) is 4.90 Å². The number of nitrogens with one attached hydrogen (secondary N) is 1. The molecule has 1 aliphatic carbocycles. The van der Waals surface area contributed by atoms with Gasteiger partial charge in [0.15, 0.2) is 0 Å². The minimum absolute atomic E-state index is 0.830. The van der Waals surface area contributed by atoms with Crippen molar-refractivity contribution in [3.05, 3.63) is 11.6 Å². The van der Waals surface area contributed by atoms with Crippen LogP contribution in [0.25, 0.3) is 0 Å². The van der Waals surface area contributed by atoms with Crippen LogP contribution >= 0.6 is 0 Å². The predicted molar refractivity (Wildman–Crippen MR) is 55.8 cm³/mol. The molecule has 0 radical (unpaired) electrons. The first-order valence-corrected chi connectivity index (χ1v) is 5.52. The van der Waals surface area contributed by atoms with Gasteiger partial charge in [-0.1, -0.05) is 19.4 Å². The van der Waals surface area contributed by atoms with Gasteiger partial charge in [-0.2, -0.15) is 0 Å². The third-order valence-electron chi connectivity index (χ3n) is 3.24. The van der Waals surface area contributed by atoms with E-state index in [1.54, 1.807) is 5.57 Å². The van der Waals surface area contributed by atoms with E-state index in [9.17, 15) is 0 Å². The second-order valence-electron chi connectivity index (χ2n) is 4.20. The normalized spacial score (nSPS) is 24.5. The van der Waals surface area contributed by atoms with E-state index in [2.05, 4.69) is 23.2 Å². The molecular weight excluding hydrogens is 160 g/mol. The molecule has 1 heterocycles. The third-order valence-corrected chi connectivity index (χ3v) is 3.24. The van der Waals surface area contributed by atoms with Crippen LogP contribution in [0.4, 0.5) is 0 Å². The summed E-state index contributed by atoms with van der Waals surface area (Å²) in [7, 11) is 0.